The van der Waals surface area contributed by atoms with Crippen molar-refractivity contribution < 1.29 is 13.9 Å². The Balaban J connectivity index is 2.00. The van der Waals surface area contributed by atoms with Gasteiger partial charge in [0, 0.05) is 25.5 Å². The molecular weight excluding hydrogens is 319 g/mol. The van der Waals surface area contributed by atoms with Gasteiger partial charge in [0.25, 0.3) is 5.91 Å². The topological polar surface area (TPSA) is 42.4 Å². The van der Waals surface area contributed by atoms with Crippen LogP contribution >= 0.6 is 0 Å². The number of nitrogens with zero attached hydrogens (tertiary/aromatic N) is 2. The lowest BCUT2D eigenvalue weighted by Gasteiger charge is -2.34. The zero-order valence-corrected chi connectivity index (χ0v) is 14.4. The molecule has 2 atom stereocenters. The minimum atomic E-state index is -0.383. The third kappa shape index (κ3) is 4.04. The number of aromatic nitrogens is 1. The van der Waals surface area contributed by atoms with Crippen molar-refractivity contribution in [2.24, 2.45) is 0 Å². The summed E-state index contributed by atoms with van der Waals surface area (Å²) >= 11 is 0. The lowest BCUT2D eigenvalue weighted by Crippen LogP contribution is -2.42. The predicted molar refractivity (Wildman–Crippen MR) is 93.5 cm³/mol. The normalized spacial score (nSPS) is 18.1. The zero-order valence-electron chi connectivity index (χ0n) is 14.4. The smallest absolute Gasteiger partial charge is 0.252 e. The van der Waals surface area contributed by atoms with Gasteiger partial charge in [-0.15, -0.1) is 0 Å². The first kappa shape index (κ1) is 17.5. The largest absolute Gasteiger partial charge is 0.368 e. The molecular formula is C20H23FN2O2. The summed E-state index contributed by atoms with van der Waals surface area (Å²) in [5.74, 6) is -0.293. The number of hydrogen-bond acceptors (Lipinski definition) is 3. The predicted octanol–water partition coefficient (Wildman–Crippen LogP) is 3.73. The summed E-state index contributed by atoms with van der Waals surface area (Å²) in [6.45, 7) is 3.28. The van der Waals surface area contributed by atoms with Crippen LogP contribution in [-0.2, 0) is 9.53 Å². The number of halogens is 1. The second-order valence-corrected chi connectivity index (χ2v) is 6.27. The van der Waals surface area contributed by atoms with Crippen LogP contribution in [0.2, 0.25) is 0 Å². The monoisotopic (exact) mass is 342 g/mol. The van der Waals surface area contributed by atoms with Gasteiger partial charge in [-0.2, -0.15) is 0 Å². The summed E-state index contributed by atoms with van der Waals surface area (Å²) in [4.78, 5) is 19.1. The Labute approximate surface area is 147 Å². The number of carbonyl (C=O) groups is 1. The fourth-order valence-corrected chi connectivity index (χ4v) is 3.30. The number of pyridine rings is 1. The van der Waals surface area contributed by atoms with Crippen molar-refractivity contribution >= 4 is 5.91 Å². The maximum Gasteiger partial charge on any atom is 0.252 e. The van der Waals surface area contributed by atoms with Crippen LogP contribution in [0.25, 0.3) is 0 Å². The number of amides is 1. The zero-order chi connectivity index (χ0) is 17.6. The molecule has 1 aliphatic heterocycles. The summed E-state index contributed by atoms with van der Waals surface area (Å²) in [6.07, 6.45) is 5.58. The summed E-state index contributed by atoms with van der Waals surface area (Å²) in [6, 6.07) is 9.83. The third-order valence-electron chi connectivity index (χ3n) is 4.45. The van der Waals surface area contributed by atoms with Crippen LogP contribution in [0.1, 0.15) is 43.4 Å². The van der Waals surface area contributed by atoms with Gasteiger partial charge in [-0.25, -0.2) is 4.39 Å². The second-order valence-electron chi connectivity index (χ2n) is 6.27. The minimum Gasteiger partial charge on any atom is -0.368 e. The minimum absolute atomic E-state index is 0.00229. The van der Waals surface area contributed by atoms with E-state index in [2.05, 4.69) is 4.98 Å². The van der Waals surface area contributed by atoms with Crippen molar-refractivity contribution in [2.75, 3.05) is 13.2 Å². The van der Waals surface area contributed by atoms with E-state index in [-0.39, 0.29) is 23.9 Å². The molecule has 132 valence electrons. The van der Waals surface area contributed by atoms with E-state index in [4.69, 9.17) is 4.74 Å². The van der Waals surface area contributed by atoms with Gasteiger partial charge in [0.05, 0.1) is 6.04 Å². The fourth-order valence-electron chi connectivity index (χ4n) is 3.30. The van der Waals surface area contributed by atoms with E-state index in [1.165, 1.54) is 12.1 Å². The third-order valence-corrected chi connectivity index (χ3v) is 4.45. The molecule has 5 heteroatoms. The quantitative estimate of drug-likeness (QED) is 0.803. The SMILES string of the molecule is CCCN(C(=O)[C@@H]1CCCO1)[C@H](c1ccc(F)cc1)c1cccnc1. The molecule has 2 aromatic rings. The number of hydrogen-bond donors (Lipinski definition) is 0. The molecule has 0 unspecified atom stereocenters. The lowest BCUT2D eigenvalue weighted by molar-refractivity contribution is -0.142. The van der Waals surface area contributed by atoms with Crippen LogP contribution in [0.3, 0.4) is 0 Å². The first-order valence-electron chi connectivity index (χ1n) is 8.78. The van der Waals surface area contributed by atoms with Crippen molar-refractivity contribution in [1.82, 2.24) is 9.88 Å². The van der Waals surface area contributed by atoms with Crippen LogP contribution in [0.5, 0.6) is 0 Å². The molecule has 1 aliphatic rings. The molecule has 0 saturated carbocycles. The van der Waals surface area contributed by atoms with Gasteiger partial charge in [0.2, 0.25) is 0 Å². The van der Waals surface area contributed by atoms with Gasteiger partial charge >= 0.3 is 0 Å². The van der Waals surface area contributed by atoms with Gasteiger partial charge < -0.3 is 9.64 Å². The highest BCUT2D eigenvalue weighted by Gasteiger charge is 2.33. The molecule has 0 spiro atoms. The van der Waals surface area contributed by atoms with Crippen LogP contribution in [0, 0.1) is 5.82 Å². The Morgan fingerprint density at radius 3 is 2.72 bits per heavy atom. The highest BCUT2D eigenvalue weighted by molar-refractivity contribution is 5.82. The van der Waals surface area contributed by atoms with Crippen molar-refractivity contribution in [1.29, 1.82) is 0 Å². The van der Waals surface area contributed by atoms with E-state index in [0.717, 1.165) is 30.4 Å². The molecule has 0 aliphatic carbocycles. The van der Waals surface area contributed by atoms with Gasteiger partial charge in [0.1, 0.15) is 11.9 Å². The Morgan fingerprint density at radius 2 is 2.12 bits per heavy atom. The highest BCUT2D eigenvalue weighted by atomic mass is 19.1. The van der Waals surface area contributed by atoms with E-state index < -0.39 is 0 Å². The van der Waals surface area contributed by atoms with Gasteiger partial charge in [-0.1, -0.05) is 25.1 Å². The number of rotatable bonds is 6. The van der Waals surface area contributed by atoms with Crippen LogP contribution in [-0.4, -0.2) is 35.0 Å². The molecule has 1 saturated heterocycles. The standard InChI is InChI=1S/C20H23FN2O2/c1-2-12-23(20(24)18-6-4-13-25-18)19(16-5-3-11-22-14-16)15-7-9-17(21)10-8-15/h3,5,7-11,14,18-19H,2,4,6,12-13H2,1H3/t18-,19+/m0/s1. The van der Waals surface area contributed by atoms with Gasteiger partial charge in [-0.3, -0.25) is 9.78 Å². The Hall–Kier alpha value is -2.27. The summed E-state index contributed by atoms with van der Waals surface area (Å²) in [5.41, 5.74) is 1.78. The summed E-state index contributed by atoms with van der Waals surface area (Å²) < 4.78 is 19.0. The van der Waals surface area contributed by atoms with Crippen LogP contribution in [0.15, 0.2) is 48.8 Å². The van der Waals surface area contributed by atoms with E-state index in [0.29, 0.717) is 13.2 Å². The average Bonchev–Trinajstić information content (AvgIpc) is 3.18. The molecule has 1 fully saturated rings. The van der Waals surface area contributed by atoms with Crippen molar-refractivity contribution in [3.63, 3.8) is 0 Å². The molecule has 0 radical (unpaired) electrons. The number of carbonyl (C=O) groups excluding carboxylic acids is 1. The van der Waals surface area contributed by atoms with Gasteiger partial charge in [0.15, 0.2) is 0 Å². The fraction of sp³-hybridized carbons (Fsp3) is 0.400. The maximum absolute atomic E-state index is 13.4. The molecule has 2 heterocycles. The number of ether oxygens (including phenoxy) is 1. The van der Waals surface area contributed by atoms with Crippen molar-refractivity contribution in [3.8, 4) is 0 Å². The Morgan fingerprint density at radius 1 is 1.32 bits per heavy atom. The van der Waals surface area contributed by atoms with E-state index in [1.807, 2.05) is 24.0 Å². The molecule has 4 nitrogen and oxygen atoms in total. The number of benzene rings is 1. The molecule has 1 amide bonds. The molecule has 0 bridgehead atoms. The van der Waals surface area contributed by atoms with Crippen molar-refractivity contribution in [2.45, 2.75) is 38.3 Å². The summed E-state index contributed by atoms with van der Waals surface area (Å²) in [5, 5.41) is 0. The molecule has 1 aromatic heterocycles. The maximum atomic E-state index is 13.4. The van der Waals surface area contributed by atoms with Gasteiger partial charge in [-0.05, 0) is 48.6 Å². The van der Waals surface area contributed by atoms with E-state index >= 15 is 0 Å². The second kappa shape index (κ2) is 8.21. The first-order chi connectivity index (χ1) is 12.2. The lowest BCUT2D eigenvalue weighted by atomic mass is 9.97. The molecule has 25 heavy (non-hydrogen) atoms. The van der Waals surface area contributed by atoms with Crippen LogP contribution < -0.4 is 0 Å². The Bertz CT molecular complexity index is 685. The van der Waals surface area contributed by atoms with E-state index in [1.54, 1.807) is 24.5 Å². The Kier molecular flexibility index (Phi) is 5.76. The molecule has 0 N–H and O–H groups in total. The van der Waals surface area contributed by atoms with Crippen LogP contribution in [0.4, 0.5) is 4.39 Å². The average molecular weight is 342 g/mol. The van der Waals surface area contributed by atoms with Crippen molar-refractivity contribution in [3.05, 3.63) is 65.7 Å². The van der Waals surface area contributed by atoms with E-state index in [9.17, 15) is 9.18 Å². The summed E-state index contributed by atoms with van der Waals surface area (Å²) in [7, 11) is 0. The molecule has 3 rings (SSSR count). The highest BCUT2D eigenvalue weighted by Crippen LogP contribution is 2.30. The molecule has 1 aromatic carbocycles. The first-order valence-corrected chi connectivity index (χ1v) is 8.78.